The van der Waals surface area contributed by atoms with Crippen LogP contribution in [-0.2, 0) is 0 Å². The number of anilines is 1. The molecule has 6 nitrogen and oxygen atoms in total. The molecule has 3 aromatic rings. The lowest BCUT2D eigenvalue weighted by molar-refractivity contribution is 0.326. The molecular weight excluding hydrogens is 340 g/mol. The molecule has 0 aliphatic rings. The van der Waals surface area contributed by atoms with Gasteiger partial charge in [0.2, 0.25) is 5.95 Å². The van der Waals surface area contributed by atoms with Crippen LogP contribution in [-0.4, -0.2) is 29.6 Å². The standard InChI is InChI=1S/C21H22N4O2/c1-16-15-25(21(22)24-16)23-14-18-11-6-12-19(26-2)20(18)27-13-7-10-17-8-4-3-5-9-17/h3-12,14-15H,13H2,1-2H3,(H2,22,24). The number of nitrogens with two attached hydrogens (primary N) is 1. The number of ether oxygens (including phenoxy) is 2. The minimum Gasteiger partial charge on any atom is -0.493 e. The summed E-state index contributed by atoms with van der Waals surface area (Å²) in [4.78, 5) is 4.13. The highest BCUT2D eigenvalue weighted by atomic mass is 16.5. The highest BCUT2D eigenvalue weighted by Gasteiger charge is 2.09. The molecular formula is C21H22N4O2. The van der Waals surface area contributed by atoms with E-state index in [1.54, 1.807) is 19.5 Å². The number of aromatic nitrogens is 2. The van der Waals surface area contributed by atoms with E-state index in [1.807, 2.05) is 67.6 Å². The molecule has 1 heterocycles. The summed E-state index contributed by atoms with van der Waals surface area (Å²) in [6.07, 6.45) is 7.41. The van der Waals surface area contributed by atoms with Crippen molar-refractivity contribution in [2.75, 3.05) is 19.5 Å². The van der Waals surface area contributed by atoms with E-state index in [4.69, 9.17) is 15.2 Å². The third kappa shape index (κ3) is 4.76. The molecule has 0 aliphatic heterocycles. The molecule has 0 saturated carbocycles. The molecule has 2 N–H and O–H groups in total. The monoisotopic (exact) mass is 362 g/mol. The maximum atomic E-state index is 5.95. The maximum Gasteiger partial charge on any atom is 0.221 e. The molecule has 0 aliphatic carbocycles. The number of nitrogen functional groups attached to an aromatic ring is 1. The van der Waals surface area contributed by atoms with Crippen LogP contribution < -0.4 is 15.2 Å². The van der Waals surface area contributed by atoms with Crippen LogP contribution >= 0.6 is 0 Å². The number of aryl methyl sites for hydroxylation is 1. The number of benzene rings is 2. The first-order valence-electron chi connectivity index (χ1n) is 8.54. The Balaban J connectivity index is 1.77. The van der Waals surface area contributed by atoms with Crippen LogP contribution in [0.5, 0.6) is 11.5 Å². The van der Waals surface area contributed by atoms with Crippen LogP contribution in [0.4, 0.5) is 5.95 Å². The Bertz CT molecular complexity index is 946. The summed E-state index contributed by atoms with van der Waals surface area (Å²) in [6.45, 7) is 2.27. The third-order valence-electron chi connectivity index (χ3n) is 3.82. The summed E-state index contributed by atoms with van der Waals surface area (Å²) < 4.78 is 12.9. The molecule has 0 amide bonds. The summed E-state index contributed by atoms with van der Waals surface area (Å²) in [5.74, 6) is 1.60. The second-order valence-electron chi connectivity index (χ2n) is 5.83. The largest absolute Gasteiger partial charge is 0.493 e. The van der Waals surface area contributed by atoms with E-state index >= 15 is 0 Å². The third-order valence-corrected chi connectivity index (χ3v) is 3.82. The molecule has 3 rings (SSSR count). The number of methoxy groups -OCH3 is 1. The van der Waals surface area contributed by atoms with Crippen molar-refractivity contribution in [2.45, 2.75) is 6.92 Å². The molecule has 27 heavy (non-hydrogen) atoms. The van der Waals surface area contributed by atoms with Gasteiger partial charge in [-0.15, -0.1) is 0 Å². The molecule has 138 valence electrons. The lowest BCUT2D eigenvalue weighted by Crippen LogP contribution is -2.01. The Morgan fingerprint density at radius 2 is 1.96 bits per heavy atom. The van der Waals surface area contributed by atoms with Crippen molar-refractivity contribution in [1.82, 2.24) is 9.66 Å². The first-order valence-corrected chi connectivity index (χ1v) is 8.54. The number of nitrogens with zero attached hydrogens (tertiary/aromatic N) is 3. The quantitative estimate of drug-likeness (QED) is 0.650. The van der Waals surface area contributed by atoms with Crippen molar-refractivity contribution in [3.05, 3.63) is 77.6 Å². The predicted molar refractivity (Wildman–Crippen MR) is 108 cm³/mol. The lowest BCUT2D eigenvalue weighted by Gasteiger charge is -2.11. The lowest BCUT2D eigenvalue weighted by atomic mass is 10.2. The van der Waals surface area contributed by atoms with E-state index < -0.39 is 0 Å². The first-order chi connectivity index (χ1) is 13.2. The van der Waals surface area contributed by atoms with Crippen molar-refractivity contribution in [3.63, 3.8) is 0 Å². The Kier molecular flexibility index (Phi) is 5.89. The van der Waals surface area contributed by atoms with Gasteiger partial charge in [-0.3, -0.25) is 0 Å². The molecule has 0 fully saturated rings. The van der Waals surface area contributed by atoms with E-state index in [9.17, 15) is 0 Å². The van der Waals surface area contributed by atoms with Gasteiger partial charge in [0.25, 0.3) is 0 Å². The van der Waals surface area contributed by atoms with E-state index in [1.165, 1.54) is 4.68 Å². The van der Waals surface area contributed by atoms with Gasteiger partial charge >= 0.3 is 0 Å². The van der Waals surface area contributed by atoms with Gasteiger partial charge in [0, 0.05) is 5.56 Å². The second-order valence-corrected chi connectivity index (χ2v) is 5.83. The minimum absolute atomic E-state index is 0.333. The zero-order valence-electron chi connectivity index (χ0n) is 15.4. The zero-order chi connectivity index (χ0) is 19.1. The van der Waals surface area contributed by atoms with Gasteiger partial charge in [0.15, 0.2) is 11.5 Å². The topological polar surface area (TPSA) is 74.7 Å². The molecule has 0 unspecified atom stereocenters. The van der Waals surface area contributed by atoms with Gasteiger partial charge in [0.1, 0.15) is 6.61 Å². The van der Waals surface area contributed by atoms with E-state index in [-0.39, 0.29) is 0 Å². The minimum atomic E-state index is 0.333. The van der Waals surface area contributed by atoms with Gasteiger partial charge in [-0.05, 0) is 30.7 Å². The first kappa shape index (κ1) is 18.3. The average Bonchev–Trinajstić information content (AvgIpc) is 3.01. The molecule has 0 bridgehead atoms. The summed E-state index contributed by atoms with van der Waals surface area (Å²) in [5.41, 5.74) is 8.53. The Morgan fingerprint density at radius 1 is 1.15 bits per heavy atom. The van der Waals surface area contributed by atoms with E-state index in [2.05, 4.69) is 10.1 Å². The van der Waals surface area contributed by atoms with Crippen LogP contribution in [0.1, 0.15) is 16.8 Å². The zero-order valence-corrected chi connectivity index (χ0v) is 15.4. The van der Waals surface area contributed by atoms with Crippen LogP contribution in [0.15, 0.2) is 65.9 Å². The number of hydrogen-bond acceptors (Lipinski definition) is 5. The maximum absolute atomic E-state index is 5.95. The number of imidazole rings is 1. The predicted octanol–water partition coefficient (Wildman–Crippen LogP) is 3.76. The SMILES string of the molecule is COc1cccc(C=Nn2cc(C)nc2N)c1OCC=Cc1ccccc1. The van der Waals surface area contributed by atoms with Crippen LogP contribution in [0, 0.1) is 6.92 Å². The fraction of sp³-hybridized carbons (Fsp3) is 0.143. The second kappa shape index (κ2) is 8.71. The van der Waals surface area contributed by atoms with E-state index in [0.29, 0.717) is 24.1 Å². The summed E-state index contributed by atoms with van der Waals surface area (Å²) in [5, 5.41) is 4.36. The molecule has 1 aromatic heterocycles. The smallest absolute Gasteiger partial charge is 0.221 e. The highest BCUT2D eigenvalue weighted by Crippen LogP contribution is 2.30. The Hall–Kier alpha value is -3.54. The number of para-hydroxylation sites is 1. The molecule has 0 spiro atoms. The summed E-state index contributed by atoms with van der Waals surface area (Å²) in [6, 6.07) is 15.7. The number of hydrogen-bond donors (Lipinski definition) is 1. The Morgan fingerprint density at radius 3 is 2.67 bits per heavy atom. The highest BCUT2D eigenvalue weighted by molar-refractivity contribution is 5.85. The molecule has 0 atom stereocenters. The van der Waals surface area contributed by atoms with Gasteiger partial charge < -0.3 is 15.2 Å². The Labute approximate surface area is 158 Å². The molecule has 2 aromatic carbocycles. The molecule has 0 saturated heterocycles. The van der Waals surface area contributed by atoms with Crippen LogP contribution in [0.25, 0.3) is 6.08 Å². The van der Waals surface area contributed by atoms with Gasteiger partial charge in [-0.1, -0.05) is 42.5 Å². The van der Waals surface area contributed by atoms with E-state index in [0.717, 1.165) is 16.8 Å². The summed E-state index contributed by atoms with van der Waals surface area (Å²) in [7, 11) is 1.61. The number of rotatable bonds is 7. The van der Waals surface area contributed by atoms with Crippen molar-refractivity contribution in [1.29, 1.82) is 0 Å². The average molecular weight is 362 g/mol. The van der Waals surface area contributed by atoms with Gasteiger partial charge in [-0.2, -0.15) is 5.10 Å². The van der Waals surface area contributed by atoms with Crippen molar-refractivity contribution in [3.8, 4) is 11.5 Å². The fourth-order valence-corrected chi connectivity index (χ4v) is 2.55. The molecule has 6 heteroatoms. The normalized spacial score (nSPS) is 11.3. The fourth-order valence-electron chi connectivity index (χ4n) is 2.55. The van der Waals surface area contributed by atoms with Gasteiger partial charge in [-0.25, -0.2) is 9.66 Å². The van der Waals surface area contributed by atoms with Crippen LogP contribution in [0.3, 0.4) is 0 Å². The van der Waals surface area contributed by atoms with Crippen molar-refractivity contribution in [2.24, 2.45) is 5.10 Å². The molecule has 0 radical (unpaired) electrons. The van der Waals surface area contributed by atoms with Crippen LogP contribution in [0.2, 0.25) is 0 Å². The van der Waals surface area contributed by atoms with Crippen molar-refractivity contribution >= 4 is 18.2 Å². The van der Waals surface area contributed by atoms with Crippen molar-refractivity contribution < 1.29 is 9.47 Å². The van der Waals surface area contributed by atoms with Gasteiger partial charge in [0.05, 0.1) is 25.2 Å². The summed E-state index contributed by atoms with van der Waals surface area (Å²) >= 11 is 0.